The number of ether oxygens (including phenoxy) is 1. The number of amides is 2. The van der Waals surface area contributed by atoms with Crippen molar-refractivity contribution in [2.45, 2.75) is 13.2 Å². The Morgan fingerprint density at radius 1 is 1.00 bits per heavy atom. The summed E-state index contributed by atoms with van der Waals surface area (Å²) in [5.74, 6) is 0.356. The molecule has 1 heterocycles. The van der Waals surface area contributed by atoms with Gasteiger partial charge in [0.2, 0.25) is 0 Å². The summed E-state index contributed by atoms with van der Waals surface area (Å²) in [6.45, 7) is 0.532. The van der Waals surface area contributed by atoms with Crippen LogP contribution in [0.2, 0.25) is 0 Å². The smallest absolute Gasteiger partial charge is 0.293 e. The fourth-order valence-electron chi connectivity index (χ4n) is 3.14. The number of nitrogens with zero attached hydrogens (tertiary/aromatic N) is 2. The van der Waals surface area contributed by atoms with Crippen molar-refractivity contribution in [3.05, 3.63) is 104 Å². The molecule has 0 spiro atoms. The lowest BCUT2D eigenvalue weighted by atomic mass is 10.1. The van der Waals surface area contributed by atoms with Gasteiger partial charge < -0.3 is 4.74 Å². The van der Waals surface area contributed by atoms with Gasteiger partial charge in [-0.1, -0.05) is 58.4 Å². The summed E-state index contributed by atoms with van der Waals surface area (Å²) >= 11 is 4.32. The van der Waals surface area contributed by atoms with Gasteiger partial charge in [0.1, 0.15) is 12.4 Å². The maximum atomic E-state index is 12.7. The summed E-state index contributed by atoms with van der Waals surface area (Å²) in [6, 6.07) is 24.2. The molecular weight excluding hydrogens is 488 g/mol. The van der Waals surface area contributed by atoms with Gasteiger partial charge in [0.05, 0.1) is 23.1 Å². The van der Waals surface area contributed by atoms with E-state index in [9.17, 15) is 9.59 Å². The lowest BCUT2D eigenvalue weighted by Gasteiger charge is -2.12. The fourth-order valence-corrected chi connectivity index (χ4v) is 4.24. The first-order valence-corrected chi connectivity index (χ1v) is 11.3. The number of hydrogen-bond donors (Lipinski definition) is 0. The van der Waals surface area contributed by atoms with Crippen molar-refractivity contribution >= 4 is 44.9 Å². The van der Waals surface area contributed by atoms with Crippen molar-refractivity contribution in [1.82, 2.24) is 4.90 Å². The molecule has 32 heavy (non-hydrogen) atoms. The number of rotatable bonds is 6. The highest BCUT2D eigenvalue weighted by Crippen LogP contribution is 2.33. The van der Waals surface area contributed by atoms with Crippen LogP contribution >= 0.6 is 27.7 Å². The minimum absolute atomic E-state index is 0.242. The SMILES string of the molecule is N#Cc1ccccc1COc1ccc(/C=C2\SC(=O)N(Cc3ccc(Br)cc3)C2=O)cc1. The first-order valence-electron chi connectivity index (χ1n) is 9.74. The van der Waals surface area contributed by atoms with E-state index in [-0.39, 0.29) is 24.3 Å². The first kappa shape index (κ1) is 21.9. The molecule has 3 aromatic carbocycles. The van der Waals surface area contributed by atoms with E-state index in [0.29, 0.717) is 16.2 Å². The summed E-state index contributed by atoms with van der Waals surface area (Å²) in [7, 11) is 0. The van der Waals surface area contributed by atoms with E-state index < -0.39 is 0 Å². The number of hydrogen-bond acceptors (Lipinski definition) is 5. The molecule has 0 atom stereocenters. The summed E-state index contributed by atoms with van der Waals surface area (Å²) in [5, 5.41) is 8.89. The quantitative estimate of drug-likeness (QED) is 0.377. The standard InChI is InChI=1S/C25H17BrN2O3S/c26-21-9-5-18(6-10-21)15-28-24(29)23(32-25(28)30)13-17-7-11-22(12-8-17)31-16-20-4-2-1-3-19(20)14-27/h1-13H,15-16H2/b23-13-. The molecule has 3 aromatic rings. The Hall–Kier alpha value is -3.34. The molecule has 0 aromatic heterocycles. The second-order valence-electron chi connectivity index (χ2n) is 7.02. The number of carbonyl (C=O) groups excluding carboxylic acids is 2. The molecule has 2 amide bonds. The Bertz CT molecular complexity index is 1230. The minimum Gasteiger partial charge on any atom is -0.489 e. The van der Waals surface area contributed by atoms with E-state index in [1.807, 2.05) is 54.6 Å². The van der Waals surface area contributed by atoms with Crippen LogP contribution in [0.15, 0.2) is 82.2 Å². The van der Waals surface area contributed by atoms with Crippen molar-refractivity contribution in [2.24, 2.45) is 0 Å². The monoisotopic (exact) mass is 504 g/mol. The van der Waals surface area contributed by atoms with Crippen molar-refractivity contribution in [1.29, 1.82) is 5.26 Å². The normalized spacial score (nSPS) is 14.6. The van der Waals surface area contributed by atoms with Gasteiger partial charge in [-0.05, 0) is 59.3 Å². The molecule has 7 heteroatoms. The van der Waals surface area contributed by atoms with Crippen LogP contribution in [-0.4, -0.2) is 16.0 Å². The third-order valence-electron chi connectivity index (χ3n) is 4.84. The Balaban J connectivity index is 1.41. The van der Waals surface area contributed by atoms with Gasteiger partial charge in [0, 0.05) is 10.0 Å². The Kier molecular flexibility index (Phi) is 6.74. The van der Waals surface area contributed by atoms with E-state index in [2.05, 4.69) is 22.0 Å². The lowest BCUT2D eigenvalue weighted by Crippen LogP contribution is -2.27. The molecule has 1 aliphatic heterocycles. The maximum absolute atomic E-state index is 12.7. The van der Waals surface area contributed by atoms with Crippen molar-refractivity contribution in [2.75, 3.05) is 0 Å². The van der Waals surface area contributed by atoms with Crippen LogP contribution in [-0.2, 0) is 17.9 Å². The van der Waals surface area contributed by atoms with Gasteiger partial charge in [0.15, 0.2) is 0 Å². The van der Waals surface area contributed by atoms with Crippen LogP contribution in [0.3, 0.4) is 0 Å². The molecule has 0 N–H and O–H groups in total. The van der Waals surface area contributed by atoms with Gasteiger partial charge in [-0.15, -0.1) is 0 Å². The summed E-state index contributed by atoms with van der Waals surface area (Å²) < 4.78 is 6.72. The van der Waals surface area contributed by atoms with Gasteiger partial charge >= 0.3 is 0 Å². The Morgan fingerprint density at radius 3 is 2.44 bits per heavy atom. The molecule has 1 saturated heterocycles. The molecule has 5 nitrogen and oxygen atoms in total. The van der Waals surface area contributed by atoms with E-state index in [4.69, 9.17) is 10.00 Å². The molecule has 4 rings (SSSR count). The molecule has 0 radical (unpaired) electrons. The highest BCUT2D eigenvalue weighted by atomic mass is 79.9. The van der Waals surface area contributed by atoms with Gasteiger partial charge in [-0.25, -0.2) is 0 Å². The lowest BCUT2D eigenvalue weighted by molar-refractivity contribution is -0.123. The predicted molar refractivity (Wildman–Crippen MR) is 128 cm³/mol. The van der Waals surface area contributed by atoms with Gasteiger partial charge in [-0.3, -0.25) is 14.5 Å². The van der Waals surface area contributed by atoms with Gasteiger partial charge in [0.25, 0.3) is 11.1 Å². The second kappa shape index (κ2) is 9.86. The highest BCUT2D eigenvalue weighted by molar-refractivity contribution is 9.10. The number of carbonyl (C=O) groups is 2. The van der Waals surface area contributed by atoms with Crippen molar-refractivity contribution in [3.63, 3.8) is 0 Å². The van der Waals surface area contributed by atoms with Crippen LogP contribution in [0, 0.1) is 11.3 Å². The Labute approximate surface area is 198 Å². The molecule has 0 aliphatic carbocycles. The average Bonchev–Trinajstić information content (AvgIpc) is 3.07. The predicted octanol–water partition coefficient (Wildman–Crippen LogP) is 6.14. The van der Waals surface area contributed by atoms with Crippen molar-refractivity contribution < 1.29 is 14.3 Å². The van der Waals surface area contributed by atoms with E-state index in [1.54, 1.807) is 24.3 Å². The third kappa shape index (κ3) is 5.10. The molecule has 0 unspecified atom stereocenters. The zero-order chi connectivity index (χ0) is 22.5. The van der Waals surface area contributed by atoms with Crippen molar-refractivity contribution in [3.8, 4) is 11.8 Å². The fraction of sp³-hybridized carbons (Fsp3) is 0.0800. The average molecular weight is 505 g/mol. The topological polar surface area (TPSA) is 70.4 Å². The molecule has 1 aliphatic rings. The number of halogens is 1. The molecule has 1 fully saturated rings. The molecule has 158 valence electrons. The van der Waals surface area contributed by atoms with Crippen LogP contribution in [0.5, 0.6) is 5.75 Å². The number of nitriles is 1. The third-order valence-corrected chi connectivity index (χ3v) is 6.27. The molecular formula is C25H17BrN2O3S. The summed E-state index contributed by atoms with van der Waals surface area (Å²) in [4.78, 5) is 26.7. The first-order chi connectivity index (χ1) is 15.5. The Morgan fingerprint density at radius 2 is 1.72 bits per heavy atom. The van der Waals surface area contributed by atoms with E-state index in [0.717, 1.165) is 32.9 Å². The minimum atomic E-state index is -0.295. The molecule has 0 bridgehead atoms. The number of thioether (sulfide) groups is 1. The second-order valence-corrected chi connectivity index (χ2v) is 8.93. The summed E-state index contributed by atoms with van der Waals surface area (Å²) in [5.41, 5.74) is 3.08. The maximum Gasteiger partial charge on any atom is 0.293 e. The van der Waals surface area contributed by atoms with E-state index in [1.165, 1.54) is 4.90 Å². The zero-order valence-electron chi connectivity index (χ0n) is 16.8. The largest absolute Gasteiger partial charge is 0.489 e. The van der Waals surface area contributed by atoms with E-state index >= 15 is 0 Å². The highest BCUT2D eigenvalue weighted by Gasteiger charge is 2.34. The van der Waals surface area contributed by atoms with Crippen LogP contribution in [0.1, 0.15) is 22.3 Å². The molecule has 0 saturated carbocycles. The van der Waals surface area contributed by atoms with Crippen LogP contribution in [0.25, 0.3) is 6.08 Å². The zero-order valence-corrected chi connectivity index (χ0v) is 19.2. The number of imide groups is 1. The summed E-state index contributed by atoms with van der Waals surface area (Å²) in [6.07, 6.45) is 1.71. The van der Waals surface area contributed by atoms with Crippen LogP contribution in [0.4, 0.5) is 4.79 Å². The number of benzene rings is 3. The van der Waals surface area contributed by atoms with Gasteiger partial charge in [-0.2, -0.15) is 5.26 Å². The van der Waals surface area contributed by atoms with Crippen LogP contribution < -0.4 is 4.74 Å².